The molecule has 0 fully saturated rings. The summed E-state index contributed by atoms with van der Waals surface area (Å²) in [7, 11) is 0. The fourth-order valence-corrected chi connectivity index (χ4v) is 1.97. The number of nitrogens with one attached hydrogen (secondary N) is 1. The van der Waals surface area contributed by atoms with Crippen molar-refractivity contribution in [3.63, 3.8) is 0 Å². The van der Waals surface area contributed by atoms with E-state index in [4.69, 9.17) is 5.26 Å². The second kappa shape index (κ2) is 6.17. The van der Waals surface area contributed by atoms with Gasteiger partial charge in [-0.05, 0) is 29.8 Å². The number of halogens is 1. The maximum absolute atomic E-state index is 11.0. The molecule has 0 heterocycles. The van der Waals surface area contributed by atoms with E-state index in [2.05, 4.69) is 21.2 Å². The number of hydrogen-bond donors (Lipinski definition) is 1. The minimum Gasteiger partial charge on any atom is -0.375 e. The van der Waals surface area contributed by atoms with Gasteiger partial charge in [-0.15, -0.1) is 0 Å². The molecule has 20 heavy (non-hydrogen) atoms. The van der Waals surface area contributed by atoms with Gasteiger partial charge in [-0.1, -0.05) is 28.1 Å². The van der Waals surface area contributed by atoms with Gasteiger partial charge >= 0.3 is 0 Å². The molecule has 0 amide bonds. The Kier molecular flexibility index (Phi) is 4.33. The van der Waals surface area contributed by atoms with Crippen molar-refractivity contribution in [2.75, 3.05) is 5.32 Å². The van der Waals surface area contributed by atoms with Crippen LogP contribution in [0.3, 0.4) is 0 Å². The predicted octanol–water partition coefficient (Wildman–Crippen LogP) is 3.84. The molecule has 0 spiro atoms. The SMILES string of the molecule is N#Cc1ccc([N+](=O)[O-])c(NCc2ccc(Br)cc2)c1. The van der Waals surface area contributed by atoms with Crippen molar-refractivity contribution in [1.82, 2.24) is 0 Å². The van der Waals surface area contributed by atoms with Crippen LogP contribution in [-0.4, -0.2) is 4.92 Å². The van der Waals surface area contributed by atoms with E-state index >= 15 is 0 Å². The third kappa shape index (κ3) is 3.33. The smallest absolute Gasteiger partial charge is 0.292 e. The predicted molar refractivity (Wildman–Crippen MR) is 79.3 cm³/mol. The average Bonchev–Trinajstić information content (AvgIpc) is 2.46. The summed E-state index contributed by atoms with van der Waals surface area (Å²) in [6.45, 7) is 0.447. The Morgan fingerprint density at radius 3 is 2.55 bits per heavy atom. The molecule has 0 aliphatic carbocycles. The zero-order chi connectivity index (χ0) is 14.5. The highest BCUT2D eigenvalue weighted by Gasteiger charge is 2.13. The number of anilines is 1. The first kappa shape index (κ1) is 14.0. The molecule has 6 heteroatoms. The molecule has 0 saturated carbocycles. The summed E-state index contributed by atoms with van der Waals surface area (Å²) in [5, 5.41) is 22.8. The van der Waals surface area contributed by atoms with Crippen molar-refractivity contribution in [3.8, 4) is 6.07 Å². The van der Waals surface area contributed by atoms with Crippen LogP contribution in [0, 0.1) is 21.4 Å². The van der Waals surface area contributed by atoms with Gasteiger partial charge in [0.15, 0.2) is 0 Å². The number of nitro groups is 1. The molecule has 1 N–H and O–H groups in total. The monoisotopic (exact) mass is 331 g/mol. The lowest BCUT2D eigenvalue weighted by Crippen LogP contribution is -2.03. The number of nitro benzene ring substituents is 1. The van der Waals surface area contributed by atoms with Crippen LogP contribution in [0.5, 0.6) is 0 Å². The Balaban J connectivity index is 2.21. The molecule has 0 radical (unpaired) electrons. The number of hydrogen-bond acceptors (Lipinski definition) is 4. The summed E-state index contributed by atoms with van der Waals surface area (Å²) in [6, 6.07) is 13.9. The largest absolute Gasteiger partial charge is 0.375 e. The lowest BCUT2D eigenvalue weighted by atomic mass is 10.1. The van der Waals surface area contributed by atoms with E-state index in [1.165, 1.54) is 18.2 Å². The number of benzene rings is 2. The van der Waals surface area contributed by atoms with Crippen LogP contribution >= 0.6 is 15.9 Å². The van der Waals surface area contributed by atoms with Crippen molar-refractivity contribution in [2.45, 2.75) is 6.54 Å². The highest BCUT2D eigenvalue weighted by atomic mass is 79.9. The fourth-order valence-electron chi connectivity index (χ4n) is 1.71. The number of nitriles is 1. The summed E-state index contributed by atoms with van der Waals surface area (Å²) in [5.74, 6) is 0. The Hall–Kier alpha value is -2.39. The van der Waals surface area contributed by atoms with Gasteiger partial charge < -0.3 is 5.32 Å². The van der Waals surface area contributed by atoms with Crippen LogP contribution in [0.15, 0.2) is 46.9 Å². The van der Waals surface area contributed by atoms with Gasteiger partial charge in [0.25, 0.3) is 5.69 Å². The van der Waals surface area contributed by atoms with E-state index < -0.39 is 4.92 Å². The van der Waals surface area contributed by atoms with E-state index in [1.54, 1.807) is 0 Å². The lowest BCUT2D eigenvalue weighted by Gasteiger charge is -2.07. The first-order valence-corrected chi connectivity index (χ1v) is 6.56. The van der Waals surface area contributed by atoms with Gasteiger partial charge in [0, 0.05) is 17.1 Å². The van der Waals surface area contributed by atoms with E-state index in [0.717, 1.165) is 10.0 Å². The minimum absolute atomic E-state index is 0.0406. The van der Waals surface area contributed by atoms with E-state index in [0.29, 0.717) is 17.8 Å². The maximum atomic E-state index is 11.0. The third-order valence-electron chi connectivity index (χ3n) is 2.72. The van der Waals surface area contributed by atoms with Gasteiger partial charge in [0.1, 0.15) is 5.69 Å². The molecule has 0 atom stereocenters. The highest BCUT2D eigenvalue weighted by molar-refractivity contribution is 9.10. The normalized spacial score (nSPS) is 9.80. The summed E-state index contributed by atoms with van der Waals surface area (Å²) >= 11 is 3.35. The zero-order valence-electron chi connectivity index (χ0n) is 10.3. The van der Waals surface area contributed by atoms with Crippen LogP contribution in [-0.2, 0) is 6.54 Å². The quantitative estimate of drug-likeness (QED) is 0.681. The minimum atomic E-state index is -0.467. The molecule has 0 aliphatic rings. The summed E-state index contributed by atoms with van der Waals surface area (Å²) in [6.07, 6.45) is 0. The summed E-state index contributed by atoms with van der Waals surface area (Å²) in [4.78, 5) is 10.5. The third-order valence-corrected chi connectivity index (χ3v) is 3.25. The standard InChI is InChI=1S/C14H10BrN3O2/c15-12-4-1-10(2-5-12)9-17-13-7-11(8-16)3-6-14(13)18(19)20/h1-7,17H,9H2. The van der Waals surface area contributed by atoms with E-state index in [9.17, 15) is 10.1 Å². The zero-order valence-corrected chi connectivity index (χ0v) is 11.9. The molecule has 2 aromatic carbocycles. The molecule has 2 aromatic rings. The maximum Gasteiger partial charge on any atom is 0.292 e. The molecule has 2 rings (SSSR count). The summed E-state index contributed by atoms with van der Waals surface area (Å²) in [5.41, 5.74) is 1.68. The molecule has 0 aliphatic heterocycles. The first-order chi connectivity index (χ1) is 9.60. The Morgan fingerprint density at radius 1 is 1.25 bits per heavy atom. The highest BCUT2D eigenvalue weighted by Crippen LogP contribution is 2.26. The molecular weight excluding hydrogens is 322 g/mol. The second-order valence-electron chi connectivity index (χ2n) is 4.08. The van der Waals surface area contributed by atoms with Gasteiger partial charge in [0.2, 0.25) is 0 Å². The van der Waals surface area contributed by atoms with Gasteiger partial charge in [-0.3, -0.25) is 10.1 Å². The van der Waals surface area contributed by atoms with E-state index in [1.807, 2.05) is 30.3 Å². The molecular formula is C14H10BrN3O2. The van der Waals surface area contributed by atoms with Gasteiger partial charge in [-0.2, -0.15) is 5.26 Å². The van der Waals surface area contributed by atoms with Gasteiger partial charge in [0.05, 0.1) is 16.6 Å². The van der Waals surface area contributed by atoms with Crippen LogP contribution in [0.4, 0.5) is 11.4 Å². The lowest BCUT2D eigenvalue weighted by molar-refractivity contribution is -0.384. The van der Waals surface area contributed by atoms with Crippen LogP contribution in [0.2, 0.25) is 0 Å². The second-order valence-corrected chi connectivity index (χ2v) is 5.00. The van der Waals surface area contributed by atoms with Crippen molar-refractivity contribution < 1.29 is 4.92 Å². The Labute approximate surface area is 124 Å². The average molecular weight is 332 g/mol. The molecule has 5 nitrogen and oxygen atoms in total. The molecule has 0 bridgehead atoms. The van der Waals surface area contributed by atoms with Crippen molar-refractivity contribution in [2.24, 2.45) is 0 Å². The fraction of sp³-hybridized carbons (Fsp3) is 0.0714. The molecule has 0 unspecified atom stereocenters. The van der Waals surface area contributed by atoms with Gasteiger partial charge in [-0.25, -0.2) is 0 Å². The number of rotatable bonds is 4. The molecule has 0 aromatic heterocycles. The molecule has 0 saturated heterocycles. The van der Waals surface area contributed by atoms with Crippen LogP contribution < -0.4 is 5.32 Å². The van der Waals surface area contributed by atoms with Crippen molar-refractivity contribution >= 4 is 27.3 Å². The van der Waals surface area contributed by atoms with Crippen LogP contribution in [0.1, 0.15) is 11.1 Å². The Morgan fingerprint density at radius 2 is 1.95 bits per heavy atom. The first-order valence-electron chi connectivity index (χ1n) is 5.77. The van der Waals surface area contributed by atoms with E-state index in [-0.39, 0.29) is 5.69 Å². The number of nitrogens with zero attached hydrogens (tertiary/aromatic N) is 2. The van der Waals surface area contributed by atoms with Crippen molar-refractivity contribution in [1.29, 1.82) is 5.26 Å². The summed E-state index contributed by atoms with van der Waals surface area (Å²) < 4.78 is 0.971. The Bertz CT molecular complexity index is 678. The van der Waals surface area contributed by atoms with Crippen molar-refractivity contribution in [3.05, 3.63) is 68.2 Å². The van der Waals surface area contributed by atoms with Crippen LogP contribution in [0.25, 0.3) is 0 Å². The molecule has 100 valence electrons. The topological polar surface area (TPSA) is 79.0 Å².